The fourth-order valence-electron chi connectivity index (χ4n) is 2.00. The van der Waals surface area contributed by atoms with Gasteiger partial charge in [0, 0.05) is 25.6 Å². The van der Waals surface area contributed by atoms with E-state index in [0.29, 0.717) is 12.3 Å². The molecule has 0 saturated carbocycles. The van der Waals surface area contributed by atoms with Crippen molar-refractivity contribution < 1.29 is 17.9 Å². The maximum absolute atomic E-state index is 12.4. The van der Waals surface area contributed by atoms with Gasteiger partial charge in [0.1, 0.15) is 5.75 Å². The van der Waals surface area contributed by atoms with Crippen LogP contribution in [-0.4, -0.2) is 51.7 Å². The van der Waals surface area contributed by atoms with Gasteiger partial charge in [0.15, 0.2) is 9.84 Å². The highest BCUT2D eigenvalue weighted by Crippen LogP contribution is 2.19. The molecule has 8 heteroatoms. The minimum Gasteiger partial charge on any atom is -0.497 e. The van der Waals surface area contributed by atoms with Gasteiger partial charge in [0.25, 0.3) is 0 Å². The van der Waals surface area contributed by atoms with Crippen LogP contribution in [0.4, 0.5) is 0 Å². The SMILES string of the molecule is COc1ccc(S(=O)(=O)CC(C)C(=O)N(C)C(C)CN)cc1.Cl. The Morgan fingerprint density at radius 1 is 1.26 bits per heavy atom. The van der Waals surface area contributed by atoms with E-state index in [1.165, 1.54) is 24.1 Å². The van der Waals surface area contributed by atoms with Crippen LogP contribution in [0.15, 0.2) is 29.2 Å². The summed E-state index contributed by atoms with van der Waals surface area (Å²) in [6.45, 7) is 3.77. The molecule has 0 aliphatic rings. The smallest absolute Gasteiger partial charge is 0.226 e. The van der Waals surface area contributed by atoms with Crippen molar-refractivity contribution in [3.63, 3.8) is 0 Å². The number of halogens is 1. The second kappa shape index (κ2) is 9.10. The van der Waals surface area contributed by atoms with E-state index in [-0.39, 0.29) is 35.0 Å². The molecule has 132 valence electrons. The van der Waals surface area contributed by atoms with Crippen LogP contribution in [0.5, 0.6) is 5.75 Å². The normalized spacial score (nSPS) is 13.6. The summed E-state index contributed by atoms with van der Waals surface area (Å²) < 4.78 is 29.7. The van der Waals surface area contributed by atoms with Crippen molar-refractivity contribution in [2.75, 3.05) is 26.5 Å². The molecule has 0 bridgehead atoms. The molecule has 1 rings (SSSR count). The van der Waals surface area contributed by atoms with E-state index in [4.69, 9.17) is 10.5 Å². The maximum atomic E-state index is 12.4. The van der Waals surface area contributed by atoms with Crippen molar-refractivity contribution >= 4 is 28.2 Å². The predicted molar refractivity (Wildman–Crippen MR) is 92.7 cm³/mol. The van der Waals surface area contributed by atoms with E-state index in [9.17, 15) is 13.2 Å². The molecule has 23 heavy (non-hydrogen) atoms. The van der Waals surface area contributed by atoms with E-state index in [1.807, 2.05) is 6.92 Å². The minimum atomic E-state index is -3.53. The van der Waals surface area contributed by atoms with Gasteiger partial charge in [-0.3, -0.25) is 4.79 Å². The van der Waals surface area contributed by atoms with Crippen LogP contribution >= 0.6 is 12.4 Å². The molecule has 0 heterocycles. The second-order valence-electron chi connectivity index (χ2n) is 5.39. The zero-order chi connectivity index (χ0) is 16.9. The molecule has 6 nitrogen and oxygen atoms in total. The number of benzene rings is 1. The van der Waals surface area contributed by atoms with Crippen molar-refractivity contribution in [2.45, 2.75) is 24.8 Å². The number of methoxy groups -OCH3 is 1. The molecule has 0 aliphatic heterocycles. The third kappa shape index (κ3) is 5.67. The molecule has 0 aliphatic carbocycles. The first kappa shape index (κ1) is 21.7. The van der Waals surface area contributed by atoms with Crippen LogP contribution in [0.2, 0.25) is 0 Å². The van der Waals surface area contributed by atoms with Crippen molar-refractivity contribution in [1.29, 1.82) is 0 Å². The third-order valence-electron chi connectivity index (χ3n) is 3.66. The largest absolute Gasteiger partial charge is 0.497 e. The topological polar surface area (TPSA) is 89.7 Å². The van der Waals surface area contributed by atoms with Gasteiger partial charge in [-0.1, -0.05) is 6.92 Å². The zero-order valence-corrected chi connectivity index (χ0v) is 15.5. The fraction of sp³-hybridized carbons (Fsp3) is 0.533. The average Bonchev–Trinajstić information content (AvgIpc) is 2.52. The molecular weight excluding hydrogens is 340 g/mol. The van der Waals surface area contributed by atoms with Crippen LogP contribution < -0.4 is 10.5 Å². The first-order chi connectivity index (χ1) is 10.2. The summed E-state index contributed by atoms with van der Waals surface area (Å²) in [5.74, 6) is -0.513. The highest BCUT2D eigenvalue weighted by Gasteiger charge is 2.27. The monoisotopic (exact) mass is 364 g/mol. The highest BCUT2D eigenvalue weighted by atomic mass is 35.5. The maximum Gasteiger partial charge on any atom is 0.226 e. The van der Waals surface area contributed by atoms with Gasteiger partial charge in [-0.05, 0) is 31.2 Å². The quantitative estimate of drug-likeness (QED) is 0.788. The number of hydrogen-bond acceptors (Lipinski definition) is 5. The number of amides is 1. The molecule has 0 aromatic heterocycles. The lowest BCUT2D eigenvalue weighted by atomic mass is 10.1. The Morgan fingerprint density at radius 2 is 1.78 bits per heavy atom. The Balaban J connectivity index is 0.00000484. The zero-order valence-electron chi connectivity index (χ0n) is 13.9. The molecule has 1 aromatic carbocycles. The van der Waals surface area contributed by atoms with Gasteiger partial charge in [-0.25, -0.2) is 8.42 Å². The Labute approximate surface area is 144 Å². The number of likely N-dealkylation sites (N-methyl/N-ethyl adjacent to an activating group) is 1. The lowest BCUT2D eigenvalue weighted by molar-refractivity contribution is -0.134. The second-order valence-corrected chi connectivity index (χ2v) is 7.43. The van der Waals surface area contributed by atoms with Crippen LogP contribution in [-0.2, 0) is 14.6 Å². The lowest BCUT2D eigenvalue weighted by Gasteiger charge is -2.26. The van der Waals surface area contributed by atoms with Gasteiger partial charge in [-0.2, -0.15) is 0 Å². The van der Waals surface area contributed by atoms with Crippen LogP contribution in [0, 0.1) is 5.92 Å². The first-order valence-electron chi connectivity index (χ1n) is 7.06. The number of nitrogens with zero attached hydrogens (tertiary/aromatic N) is 1. The van der Waals surface area contributed by atoms with E-state index >= 15 is 0 Å². The summed E-state index contributed by atoms with van der Waals surface area (Å²) in [6, 6.07) is 6.01. The molecule has 2 N–H and O–H groups in total. The predicted octanol–water partition coefficient (Wildman–Crippen LogP) is 1.33. The number of carbonyl (C=O) groups is 1. The standard InChI is InChI=1S/C15H24N2O4S.ClH/c1-11(15(18)17(3)12(2)9-16)10-22(19,20)14-7-5-13(21-4)6-8-14;/h5-8,11-12H,9-10,16H2,1-4H3;1H. The van der Waals surface area contributed by atoms with Crippen LogP contribution in [0.25, 0.3) is 0 Å². The summed E-state index contributed by atoms with van der Waals surface area (Å²) in [6.07, 6.45) is 0. The van der Waals surface area contributed by atoms with Crippen molar-refractivity contribution in [3.8, 4) is 5.75 Å². The number of sulfone groups is 1. The highest BCUT2D eigenvalue weighted by molar-refractivity contribution is 7.91. The van der Waals surface area contributed by atoms with Crippen molar-refractivity contribution in [2.24, 2.45) is 11.7 Å². The molecule has 1 amide bonds. The van der Waals surface area contributed by atoms with E-state index in [2.05, 4.69) is 0 Å². The van der Waals surface area contributed by atoms with Crippen molar-refractivity contribution in [1.82, 2.24) is 4.90 Å². The van der Waals surface area contributed by atoms with Crippen LogP contribution in [0.1, 0.15) is 13.8 Å². The molecular formula is C15H25ClN2O4S. The van der Waals surface area contributed by atoms with E-state index < -0.39 is 15.8 Å². The number of ether oxygens (including phenoxy) is 1. The minimum absolute atomic E-state index is 0. The Kier molecular flexibility index (Phi) is 8.58. The number of rotatable bonds is 7. The molecule has 0 spiro atoms. The van der Waals surface area contributed by atoms with Gasteiger partial charge in [0.2, 0.25) is 5.91 Å². The summed E-state index contributed by atoms with van der Waals surface area (Å²) in [5.41, 5.74) is 5.53. The van der Waals surface area contributed by atoms with Gasteiger partial charge >= 0.3 is 0 Å². The summed E-state index contributed by atoms with van der Waals surface area (Å²) >= 11 is 0. The van der Waals surface area contributed by atoms with Gasteiger partial charge < -0.3 is 15.4 Å². The fourth-order valence-corrected chi connectivity index (χ4v) is 3.55. The molecule has 1 aromatic rings. The van der Waals surface area contributed by atoms with Crippen molar-refractivity contribution in [3.05, 3.63) is 24.3 Å². The first-order valence-corrected chi connectivity index (χ1v) is 8.71. The van der Waals surface area contributed by atoms with Gasteiger partial charge in [-0.15, -0.1) is 12.4 Å². The number of nitrogens with two attached hydrogens (primary N) is 1. The van der Waals surface area contributed by atoms with Gasteiger partial charge in [0.05, 0.1) is 17.8 Å². The summed E-state index contributed by atoms with van der Waals surface area (Å²) in [5, 5.41) is 0. The van der Waals surface area contributed by atoms with E-state index in [1.54, 1.807) is 26.1 Å². The Hall–Kier alpha value is -1.31. The number of carbonyl (C=O) groups excluding carboxylic acids is 1. The van der Waals surface area contributed by atoms with E-state index in [0.717, 1.165) is 0 Å². The Morgan fingerprint density at radius 3 is 2.22 bits per heavy atom. The summed E-state index contributed by atoms with van der Waals surface area (Å²) in [7, 11) is -0.382. The number of hydrogen-bond donors (Lipinski definition) is 1. The average molecular weight is 365 g/mol. The molecule has 2 atom stereocenters. The lowest BCUT2D eigenvalue weighted by Crippen LogP contribution is -2.43. The summed E-state index contributed by atoms with van der Waals surface area (Å²) in [4.78, 5) is 13.9. The molecule has 0 fully saturated rings. The molecule has 2 unspecified atom stereocenters. The third-order valence-corrected chi connectivity index (χ3v) is 5.59. The van der Waals surface area contributed by atoms with Crippen LogP contribution in [0.3, 0.4) is 0 Å². The molecule has 0 radical (unpaired) electrons. The Bertz CT molecular complexity index is 604. The molecule has 0 saturated heterocycles.